The summed E-state index contributed by atoms with van der Waals surface area (Å²) in [5, 5.41) is 3.25. The second kappa shape index (κ2) is 8.45. The minimum Gasteiger partial charge on any atom is -0.466 e. The smallest absolute Gasteiger partial charge is 0.307 e. The summed E-state index contributed by atoms with van der Waals surface area (Å²) in [4.78, 5) is 52.4. The normalized spacial score (nSPS) is 16.5. The van der Waals surface area contributed by atoms with E-state index in [0.29, 0.717) is 24.1 Å². The van der Waals surface area contributed by atoms with Crippen LogP contribution in [0.1, 0.15) is 47.4 Å². The summed E-state index contributed by atoms with van der Waals surface area (Å²) in [6.45, 7) is 4.19. The molecule has 2 aromatic rings. The van der Waals surface area contributed by atoms with Crippen molar-refractivity contribution in [3.05, 3.63) is 59.7 Å². The highest BCUT2D eigenvalue weighted by atomic mass is 16.5. The third kappa shape index (κ3) is 3.95. The molecule has 8 nitrogen and oxygen atoms in total. The molecule has 0 saturated carbocycles. The van der Waals surface area contributed by atoms with Gasteiger partial charge >= 0.3 is 5.97 Å². The first-order valence-electron chi connectivity index (χ1n) is 10.6. The number of hydrogen-bond donors (Lipinski definition) is 1. The number of carbonyl (C=O) groups excluding carboxylic acids is 4. The highest BCUT2D eigenvalue weighted by molar-refractivity contribution is 6.21. The number of anilines is 2. The van der Waals surface area contributed by atoms with Crippen LogP contribution in [-0.4, -0.2) is 53.8 Å². The minimum atomic E-state index is -0.725. The number of benzene rings is 2. The zero-order chi connectivity index (χ0) is 22.9. The number of fused-ring (bicyclic) bond motifs is 2. The molecule has 2 aliphatic heterocycles. The van der Waals surface area contributed by atoms with Gasteiger partial charge in [0.2, 0.25) is 0 Å². The Morgan fingerprint density at radius 2 is 1.53 bits per heavy atom. The van der Waals surface area contributed by atoms with E-state index in [1.165, 1.54) is 0 Å². The molecule has 0 saturated heterocycles. The fourth-order valence-electron chi connectivity index (χ4n) is 4.00. The Hall–Kier alpha value is -3.68. The second-order valence-corrected chi connectivity index (χ2v) is 8.36. The Labute approximate surface area is 186 Å². The molecule has 2 aromatic carbocycles. The third-order valence-electron chi connectivity index (χ3n) is 5.63. The summed E-state index contributed by atoms with van der Waals surface area (Å²) in [6, 6.07) is 14.2. The zero-order valence-corrected chi connectivity index (χ0v) is 18.1. The highest BCUT2D eigenvalue weighted by Gasteiger charge is 2.38. The molecular weight excluding hydrogens is 410 g/mol. The molecule has 2 heterocycles. The summed E-state index contributed by atoms with van der Waals surface area (Å²) < 4.78 is 5.27. The van der Waals surface area contributed by atoms with Crippen LogP contribution in [0.15, 0.2) is 48.5 Å². The Morgan fingerprint density at radius 1 is 0.906 bits per heavy atom. The molecule has 0 spiro atoms. The van der Waals surface area contributed by atoms with Gasteiger partial charge in [-0.2, -0.15) is 0 Å². The van der Waals surface area contributed by atoms with Crippen LogP contribution in [-0.2, 0) is 14.3 Å². The van der Waals surface area contributed by atoms with Crippen LogP contribution in [0.3, 0.4) is 0 Å². The van der Waals surface area contributed by atoms with Gasteiger partial charge in [-0.25, -0.2) is 0 Å². The summed E-state index contributed by atoms with van der Waals surface area (Å²) >= 11 is 0. The molecule has 0 aliphatic carbocycles. The van der Waals surface area contributed by atoms with Gasteiger partial charge in [0.15, 0.2) is 0 Å². The zero-order valence-electron chi connectivity index (χ0n) is 18.1. The van der Waals surface area contributed by atoms with Crippen molar-refractivity contribution in [3.63, 3.8) is 0 Å². The van der Waals surface area contributed by atoms with Gasteiger partial charge in [0.1, 0.15) is 5.54 Å². The predicted octanol–water partition coefficient (Wildman–Crippen LogP) is 2.84. The second-order valence-electron chi connectivity index (χ2n) is 8.36. The van der Waals surface area contributed by atoms with E-state index in [-0.39, 0.29) is 25.5 Å². The standard InChI is InChI=1S/C24H25N3O5/c1-24(2)23(31)26(19-11-6-5-10-18(19)25-24)13-7-15-32-20(28)12-14-27-21(29)16-8-3-4-9-17(16)22(27)30/h3-6,8-11,25H,7,12-15H2,1-2H3. The molecule has 0 fully saturated rings. The van der Waals surface area contributed by atoms with Crippen molar-refractivity contribution >= 4 is 35.1 Å². The number of imide groups is 1. The van der Waals surface area contributed by atoms with Crippen molar-refractivity contribution < 1.29 is 23.9 Å². The van der Waals surface area contributed by atoms with Crippen molar-refractivity contribution in [1.29, 1.82) is 0 Å². The average Bonchev–Trinajstić information content (AvgIpc) is 3.02. The van der Waals surface area contributed by atoms with Crippen molar-refractivity contribution in [3.8, 4) is 0 Å². The fraction of sp³-hybridized carbons (Fsp3) is 0.333. The van der Waals surface area contributed by atoms with Gasteiger partial charge in [-0.1, -0.05) is 24.3 Å². The third-order valence-corrected chi connectivity index (χ3v) is 5.63. The number of hydrogen-bond acceptors (Lipinski definition) is 6. The SMILES string of the molecule is CC1(C)Nc2ccccc2N(CCCOC(=O)CCN2C(=O)c3ccccc3C2=O)C1=O. The minimum absolute atomic E-state index is 0.0248. The summed E-state index contributed by atoms with van der Waals surface area (Å²) in [5.74, 6) is -1.32. The largest absolute Gasteiger partial charge is 0.466 e. The molecule has 1 N–H and O–H groups in total. The molecule has 0 unspecified atom stereocenters. The van der Waals surface area contributed by atoms with Crippen molar-refractivity contribution in [1.82, 2.24) is 4.90 Å². The number of nitrogens with one attached hydrogen (secondary N) is 1. The summed E-state index contributed by atoms with van der Waals surface area (Å²) in [6.07, 6.45) is 0.392. The molecule has 32 heavy (non-hydrogen) atoms. The lowest BCUT2D eigenvalue weighted by Gasteiger charge is -2.40. The van der Waals surface area contributed by atoms with Crippen LogP contribution in [0, 0.1) is 0 Å². The lowest BCUT2D eigenvalue weighted by atomic mass is 9.98. The van der Waals surface area contributed by atoms with Crippen LogP contribution in [0.25, 0.3) is 0 Å². The van der Waals surface area contributed by atoms with Crippen LogP contribution in [0.2, 0.25) is 0 Å². The van der Waals surface area contributed by atoms with Gasteiger partial charge < -0.3 is 15.0 Å². The van der Waals surface area contributed by atoms with E-state index < -0.39 is 23.3 Å². The maximum Gasteiger partial charge on any atom is 0.307 e. The van der Waals surface area contributed by atoms with E-state index in [1.807, 2.05) is 38.1 Å². The monoisotopic (exact) mass is 435 g/mol. The van der Waals surface area contributed by atoms with E-state index in [0.717, 1.165) is 16.3 Å². The van der Waals surface area contributed by atoms with Crippen LogP contribution < -0.4 is 10.2 Å². The van der Waals surface area contributed by atoms with Crippen molar-refractivity contribution in [2.24, 2.45) is 0 Å². The van der Waals surface area contributed by atoms with E-state index in [2.05, 4.69) is 5.32 Å². The van der Waals surface area contributed by atoms with Crippen LogP contribution in [0.5, 0.6) is 0 Å². The van der Waals surface area contributed by atoms with Gasteiger partial charge in [0.05, 0.1) is 35.5 Å². The Bertz CT molecular complexity index is 1060. The quantitative estimate of drug-likeness (QED) is 0.408. The van der Waals surface area contributed by atoms with Crippen LogP contribution >= 0.6 is 0 Å². The van der Waals surface area contributed by atoms with E-state index in [9.17, 15) is 19.2 Å². The van der Waals surface area contributed by atoms with Crippen molar-refractivity contribution in [2.75, 3.05) is 29.9 Å². The number of nitrogens with zero attached hydrogens (tertiary/aromatic N) is 2. The van der Waals surface area contributed by atoms with Gasteiger partial charge in [0, 0.05) is 13.1 Å². The molecule has 0 atom stereocenters. The molecule has 0 aromatic heterocycles. The molecular formula is C24H25N3O5. The van der Waals surface area contributed by atoms with E-state index >= 15 is 0 Å². The molecule has 0 radical (unpaired) electrons. The lowest BCUT2D eigenvalue weighted by molar-refractivity contribution is -0.143. The Balaban J connectivity index is 1.26. The number of rotatable bonds is 7. The number of esters is 1. The fourth-order valence-corrected chi connectivity index (χ4v) is 4.00. The first-order chi connectivity index (χ1) is 15.3. The average molecular weight is 435 g/mol. The maximum absolute atomic E-state index is 12.8. The van der Waals surface area contributed by atoms with Crippen LogP contribution in [0.4, 0.5) is 11.4 Å². The van der Waals surface area contributed by atoms with E-state index in [4.69, 9.17) is 4.74 Å². The summed E-state index contributed by atoms with van der Waals surface area (Å²) in [5.41, 5.74) is 1.67. The predicted molar refractivity (Wildman–Crippen MR) is 118 cm³/mol. The van der Waals surface area contributed by atoms with Gasteiger partial charge in [-0.15, -0.1) is 0 Å². The van der Waals surface area contributed by atoms with Gasteiger partial charge in [-0.3, -0.25) is 24.1 Å². The van der Waals surface area contributed by atoms with Gasteiger partial charge in [0.25, 0.3) is 17.7 Å². The van der Waals surface area contributed by atoms with Crippen molar-refractivity contribution in [2.45, 2.75) is 32.2 Å². The lowest BCUT2D eigenvalue weighted by Crippen LogP contribution is -2.54. The number of ether oxygens (including phenoxy) is 1. The first-order valence-corrected chi connectivity index (χ1v) is 10.6. The molecule has 0 bridgehead atoms. The maximum atomic E-state index is 12.8. The summed E-state index contributed by atoms with van der Waals surface area (Å²) in [7, 11) is 0. The Kier molecular flexibility index (Phi) is 5.69. The first kappa shape index (κ1) is 21.5. The highest BCUT2D eigenvalue weighted by Crippen LogP contribution is 2.35. The number of carbonyl (C=O) groups is 4. The molecule has 4 rings (SSSR count). The van der Waals surface area contributed by atoms with E-state index in [1.54, 1.807) is 29.2 Å². The van der Waals surface area contributed by atoms with Gasteiger partial charge in [-0.05, 0) is 44.5 Å². The Morgan fingerprint density at radius 3 is 2.22 bits per heavy atom. The molecule has 8 heteroatoms. The molecule has 3 amide bonds. The molecule has 166 valence electrons. The number of para-hydroxylation sites is 2. The topological polar surface area (TPSA) is 96.0 Å². The number of amides is 3. The molecule has 2 aliphatic rings.